The fraction of sp³-hybridized carbons (Fsp3) is 0.647. The molecular formula is C17H27N3O3S. The van der Waals surface area contributed by atoms with Gasteiger partial charge in [0.15, 0.2) is 9.84 Å². The second-order valence-electron chi connectivity index (χ2n) is 6.69. The first-order valence-corrected chi connectivity index (χ1v) is 10.4. The SMILES string of the molecule is CCN(C(=O)c1ccc(NCCC(C)C)nc1)C1CCS(=O)(=O)C1. The second kappa shape index (κ2) is 7.96. The third kappa shape index (κ3) is 4.93. The summed E-state index contributed by atoms with van der Waals surface area (Å²) in [6.45, 7) is 7.54. The van der Waals surface area contributed by atoms with Crippen LogP contribution in [0.3, 0.4) is 0 Å². The largest absolute Gasteiger partial charge is 0.370 e. The lowest BCUT2D eigenvalue weighted by Gasteiger charge is -2.26. The average molecular weight is 353 g/mol. The first kappa shape index (κ1) is 18.7. The Morgan fingerprint density at radius 2 is 2.17 bits per heavy atom. The van der Waals surface area contributed by atoms with Crippen LogP contribution in [0.4, 0.5) is 5.82 Å². The predicted molar refractivity (Wildman–Crippen MR) is 96.0 cm³/mol. The zero-order valence-electron chi connectivity index (χ0n) is 14.7. The third-order valence-electron chi connectivity index (χ3n) is 4.29. The Bertz CT molecular complexity index is 656. The van der Waals surface area contributed by atoms with E-state index in [2.05, 4.69) is 24.1 Å². The first-order chi connectivity index (χ1) is 11.3. The molecule has 2 heterocycles. The van der Waals surface area contributed by atoms with Crippen LogP contribution >= 0.6 is 0 Å². The van der Waals surface area contributed by atoms with Gasteiger partial charge in [-0.25, -0.2) is 13.4 Å². The number of amides is 1. The Labute approximate surface area is 144 Å². The van der Waals surface area contributed by atoms with E-state index in [4.69, 9.17) is 0 Å². The van der Waals surface area contributed by atoms with Crippen molar-refractivity contribution < 1.29 is 13.2 Å². The summed E-state index contributed by atoms with van der Waals surface area (Å²) in [7, 11) is -3.01. The van der Waals surface area contributed by atoms with Gasteiger partial charge in [-0.2, -0.15) is 0 Å². The summed E-state index contributed by atoms with van der Waals surface area (Å²) in [6, 6.07) is 3.32. The number of hydrogen-bond acceptors (Lipinski definition) is 5. The highest BCUT2D eigenvalue weighted by molar-refractivity contribution is 7.91. The minimum Gasteiger partial charge on any atom is -0.370 e. The Kier molecular flexibility index (Phi) is 6.21. The maximum Gasteiger partial charge on any atom is 0.255 e. The molecule has 2 rings (SSSR count). The summed E-state index contributed by atoms with van der Waals surface area (Å²) >= 11 is 0. The molecule has 0 saturated carbocycles. The fourth-order valence-electron chi connectivity index (χ4n) is 2.87. The molecule has 0 bridgehead atoms. The molecule has 0 aromatic carbocycles. The molecule has 7 heteroatoms. The van der Waals surface area contributed by atoms with E-state index in [1.54, 1.807) is 23.2 Å². The summed E-state index contributed by atoms with van der Waals surface area (Å²) in [5, 5.41) is 3.24. The van der Waals surface area contributed by atoms with Gasteiger partial charge >= 0.3 is 0 Å². The number of hydrogen-bond donors (Lipinski definition) is 1. The molecule has 1 atom stereocenters. The van der Waals surface area contributed by atoms with Gasteiger partial charge in [0.1, 0.15) is 5.82 Å². The van der Waals surface area contributed by atoms with Crippen LogP contribution in [0.5, 0.6) is 0 Å². The van der Waals surface area contributed by atoms with Crippen LogP contribution < -0.4 is 5.32 Å². The minimum absolute atomic E-state index is 0.0643. The van der Waals surface area contributed by atoms with Crippen LogP contribution in [0, 0.1) is 5.92 Å². The molecule has 1 N–H and O–H groups in total. The topological polar surface area (TPSA) is 79.4 Å². The molecule has 134 valence electrons. The van der Waals surface area contributed by atoms with Gasteiger partial charge in [-0.3, -0.25) is 4.79 Å². The lowest BCUT2D eigenvalue weighted by molar-refractivity contribution is 0.0708. The minimum atomic E-state index is -3.01. The molecule has 24 heavy (non-hydrogen) atoms. The standard InChI is InChI=1S/C17H27N3O3S/c1-4-20(15-8-10-24(22,23)12-15)17(21)14-5-6-16(19-11-14)18-9-7-13(2)3/h5-6,11,13,15H,4,7-10,12H2,1-3H3,(H,18,19). The second-order valence-corrected chi connectivity index (χ2v) is 8.92. The quantitative estimate of drug-likeness (QED) is 0.813. The number of sulfone groups is 1. The van der Waals surface area contributed by atoms with Gasteiger partial charge < -0.3 is 10.2 Å². The Morgan fingerprint density at radius 3 is 2.67 bits per heavy atom. The van der Waals surface area contributed by atoms with Crippen molar-refractivity contribution in [3.8, 4) is 0 Å². The summed E-state index contributed by atoms with van der Waals surface area (Å²) in [6.07, 6.45) is 3.14. The van der Waals surface area contributed by atoms with Crippen LogP contribution in [0.1, 0.15) is 44.0 Å². The van der Waals surface area contributed by atoms with Gasteiger partial charge in [-0.15, -0.1) is 0 Å². The molecule has 0 radical (unpaired) electrons. The number of nitrogens with one attached hydrogen (secondary N) is 1. The van der Waals surface area contributed by atoms with Gasteiger partial charge in [0.2, 0.25) is 0 Å². The van der Waals surface area contributed by atoms with Crippen molar-refractivity contribution in [2.75, 3.05) is 29.9 Å². The van der Waals surface area contributed by atoms with Crippen molar-refractivity contribution in [3.63, 3.8) is 0 Å². The Morgan fingerprint density at radius 1 is 1.42 bits per heavy atom. The summed E-state index contributed by atoms with van der Waals surface area (Å²) in [5.74, 6) is 1.45. The average Bonchev–Trinajstić information content (AvgIpc) is 2.88. The van der Waals surface area contributed by atoms with E-state index in [9.17, 15) is 13.2 Å². The number of rotatable bonds is 7. The van der Waals surface area contributed by atoms with Gasteiger partial charge in [-0.05, 0) is 37.8 Å². The molecule has 0 aliphatic carbocycles. The third-order valence-corrected chi connectivity index (χ3v) is 6.04. The number of pyridine rings is 1. The van der Waals surface area contributed by atoms with Gasteiger partial charge in [0.05, 0.1) is 17.1 Å². The molecule has 1 fully saturated rings. The van der Waals surface area contributed by atoms with Crippen molar-refractivity contribution in [2.45, 2.75) is 39.7 Å². The van der Waals surface area contributed by atoms with E-state index in [0.29, 0.717) is 24.4 Å². The highest BCUT2D eigenvalue weighted by atomic mass is 32.2. The molecule has 6 nitrogen and oxygen atoms in total. The zero-order chi connectivity index (χ0) is 17.7. The highest BCUT2D eigenvalue weighted by Crippen LogP contribution is 2.20. The van der Waals surface area contributed by atoms with E-state index in [-0.39, 0.29) is 23.5 Å². The van der Waals surface area contributed by atoms with Crippen molar-refractivity contribution >= 4 is 21.6 Å². The van der Waals surface area contributed by atoms with Crippen molar-refractivity contribution in [3.05, 3.63) is 23.9 Å². The lowest BCUT2D eigenvalue weighted by atomic mass is 10.1. The monoisotopic (exact) mass is 353 g/mol. The Balaban J connectivity index is 2.00. The van der Waals surface area contributed by atoms with E-state index >= 15 is 0 Å². The molecule has 0 spiro atoms. The van der Waals surface area contributed by atoms with E-state index < -0.39 is 9.84 Å². The summed E-state index contributed by atoms with van der Waals surface area (Å²) in [5.41, 5.74) is 0.496. The van der Waals surface area contributed by atoms with Crippen LogP contribution in [0.15, 0.2) is 18.3 Å². The zero-order valence-corrected chi connectivity index (χ0v) is 15.5. The number of anilines is 1. The van der Waals surface area contributed by atoms with E-state index in [1.807, 2.05) is 6.92 Å². The molecule has 1 aliphatic heterocycles. The summed E-state index contributed by atoms with van der Waals surface area (Å²) < 4.78 is 23.3. The number of nitrogens with zero attached hydrogens (tertiary/aromatic N) is 2. The maximum atomic E-state index is 12.7. The number of carbonyl (C=O) groups is 1. The van der Waals surface area contributed by atoms with Crippen LogP contribution in [-0.4, -0.2) is 54.8 Å². The normalized spacial score (nSPS) is 19.4. The van der Waals surface area contributed by atoms with Crippen molar-refractivity contribution in [1.29, 1.82) is 0 Å². The van der Waals surface area contributed by atoms with Gasteiger partial charge in [0, 0.05) is 25.3 Å². The lowest BCUT2D eigenvalue weighted by Crippen LogP contribution is -2.41. The molecule has 1 aromatic rings. The fourth-order valence-corrected chi connectivity index (χ4v) is 4.60. The van der Waals surface area contributed by atoms with Crippen molar-refractivity contribution in [2.24, 2.45) is 5.92 Å². The van der Waals surface area contributed by atoms with Crippen LogP contribution in [-0.2, 0) is 9.84 Å². The molecule has 1 aliphatic rings. The molecular weight excluding hydrogens is 326 g/mol. The van der Waals surface area contributed by atoms with Gasteiger partial charge in [-0.1, -0.05) is 13.8 Å². The highest BCUT2D eigenvalue weighted by Gasteiger charge is 2.34. The number of aromatic nitrogens is 1. The first-order valence-electron chi connectivity index (χ1n) is 8.53. The molecule has 1 aromatic heterocycles. The Hall–Kier alpha value is -1.63. The predicted octanol–water partition coefficient (Wildman–Crippen LogP) is 2.19. The summed E-state index contributed by atoms with van der Waals surface area (Å²) in [4.78, 5) is 18.6. The van der Waals surface area contributed by atoms with Crippen LogP contribution in [0.2, 0.25) is 0 Å². The van der Waals surface area contributed by atoms with Crippen LogP contribution in [0.25, 0.3) is 0 Å². The van der Waals surface area contributed by atoms with Crippen molar-refractivity contribution in [1.82, 2.24) is 9.88 Å². The van der Waals surface area contributed by atoms with Gasteiger partial charge in [0.25, 0.3) is 5.91 Å². The maximum absolute atomic E-state index is 12.7. The smallest absolute Gasteiger partial charge is 0.255 e. The van der Waals surface area contributed by atoms with E-state index in [1.165, 1.54) is 0 Å². The molecule has 1 saturated heterocycles. The number of carbonyl (C=O) groups excluding carboxylic acids is 1. The molecule has 1 unspecified atom stereocenters. The molecule has 1 amide bonds. The van der Waals surface area contributed by atoms with E-state index in [0.717, 1.165) is 18.8 Å².